The predicted octanol–water partition coefficient (Wildman–Crippen LogP) is 1.67. The topological polar surface area (TPSA) is 15.3 Å². The monoisotopic (exact) mass is 216 g/mol. The SMILES string of the molecule is CNCC1CCN(CCCSC)CC1. The fourth-order valence-corrected chi connectivity index (χ4v) is 2.55. The molecule has 0 unspecified atom stereocenters. The molecule has 0 amide bonds. The summed E-state index contributed by atoms with van der Waals surface area (Å²) in [4.78, 5) is 2.63. The highest BCUT2D eigenvalue weighted by Crippen LogP contribution is 2.16. The summed E-state index contributed by atoms with van der Waals surface area (Å²) in [5.74, 6) is 2.24. The zero-order chi connectivity index (χ0) is 10.2. The van der Waals surface area contributed by atoms with E-state index in [4.69, 9.17) is 0 Å². The number of nitrogens with one attached hydrogen (secondary N) is 1. The lowest BCUT2D eigenvalue weighted by atomic mass is 9.97. The van der Waals surface area contributed by atoms with Gasteiger partial charge in [-0.2, -0.15) is 11.8 Å². The van der Waals surface area contributed by atoms with Crippen molar-refractivity contribution in [3.63, 3.8) is 0 Å². The van der Waals surface area contributed by atoms with Gasteiger partial charge in [0.1, 0.15) is 0 Å². The highest BCUT2D eigenvalue weighted by Gasteiger charge is 2.17. The average molecular weight is 216 g/mol. The van der Waals surface area contributed by atoms with Crippen LogP contribution in [0.2, 0.25) is 0 Å². The van der Waals surface area contributed by atoms with Gasteiger partial charge >= 0.3 is 0 Å². The molecular weight excluding hydrogens is 192 g/mol. The van der Waals surface area contributed by atoms with E-state index in [9.17, 15) is 0 Å². The van der Waals surface area contributed by atoms with Crippen LogP contribution in [0.5, 0.6) is 0 Å². The fourth-order valence-electron chi connectivity index (χ4n) is 2.14. The second-order valence-corrected chi connectivity index (χ2v) is 5.17. The van der Waals surface area contributed by atoms with E-state index >= 15 is 0 Å². The van der Waals surface area contributed by atoms with Crippen LogP contribution in [-0.4, -0.2) is 50.1 Å². The maximum Gasteiger partial charge on any atom is -0.00109 e. The largest absolute Gasteiger partial charge is 0.319 e. The van der Waals surface area contributed by atoms with E-state index in [1.54, 1.807) is 0 Å². The summed E-state index contributed by atoms with van der Waals surface area (Å²) in [7, 11) is 2.06. The van der Waals surface area contributed by atoms with Gasteiger partial charge in [0.05, 0.1) is 0 Å². The second kappa shape index (κ2) is 7.55. The minimum Gasteiger partial charge on any atom is -0.319 e. The highest BCUT2D eigenvalue weighted by atomic mass is 32.2. The Kier molecular flexibility index (Phi) is 6.65. The van der Waals surface area contributed by atoms with Crippen LogP contribution in [0.1, 0.15) is 19.3 Å². The predicted molar refractivity (Wildman–Crippen MR) is 66.1 cm³/mol. The first-order valence-corrected chi connectivity index (χ1v) is 7.12. The lowest BCUT2D eigenvalue weighted by Crippen LogP contribution is -2.37. The number of piperidine rings is 1. The van der Waals surface area contributed by atoms with Crippen LogP contribution in [0.15, 0.2) is 0 Å². The molecule has 84 valence electrons. The van der Waals surface area contributed by atoms with Gasteiger partial charge in [-0.1, -0.05) is 0 Å². The van der Waals surface area contributed by atoms with Crippen molar-refractivity contribution in [1.29, 1.82) is 0 Å². The molecule has 0 aliphatic carbocycles. The molecule has 1 N–H and O–H groups in total. The quantitative estimate of drug-likeness (QED) is 0.680. The molecule has 0 spiro atoms. The van der Waals surface area contributed by atoms with E-state index in [0.29, 0.717) is 0 Å². The molecule has 1 fully saturated rings. The van der Waals surface area contributed by atoms with Crippen LogP contribution >= 0.6 is 11.8 Å². The van der Waals surface area contributed by atoms with E-state index in [2.05, 4.69) is 23.5 Å². The smallest absolute Gasteiger partial charge is 0.00109 e. The first-order chi connectivity index (χ1) is 6.86. The molecule has 1 aliphatic heterocycles. The van der Waals surface area contributed by atoms with Crippen molar-refractivity contribution in [1.82, 2.24) is 10.2 Å². The van der Waals surface area contributed by atoms with Crippen LogP contribution in [0.25, 0.3) is 0 Å². The van der Waals surface area contributed by atoms with Crippen LogP contribution < -0.4 is 5.32 Å². The minimum atomic E-state index is 0.928. The molecule has 1 saturated heterocycles. The lowest BCUT2D eigenvalue weighted by molar-refractivity contribution is 0.184. The first-order valence-electron chi connectivity index (χ1n) is 5.72. The first kappa shape index (κ1) is 12.3. The second-order valence-electron chi connectivity index (χ2n) is 4.19. The molecule has 1 rings (SSSR count). The third kappa shape index (κ3) is 4.67. The fraction of sp³-hybridized carbons (Fsp3) is 1.00. The van der Waals surface area contributed by atoms with Crippen molar-refractivity contribution in [2.24, 2.45) is 5.92 Å². The molecule has 14 heavy (non-hydrogen) atoms. The number of nitrogens with zero attached hydrogens (tertiary/aromatic N) is 1. The molecule has 0 aromatic heterocycles. The number of hydrogen-bond acceptors (Lipinski definition) is 3. The van der Waals surface area contributed by atoms with Gasteiger partial charge < -0.3 is 10.2 Å². The normalized spacial score (nSPS) is 20.1. The van der Waals surface area contributed by atoms with Crippen LogP contribution in [0, 0.1) is 5.92 Å². The number of hydrogen-bond donors (Lipinski definition) is 1. The van der Waals surface area contributed by atoms with Gasteiger partial charge in [0, 0.05) is 0 Å². The molecule has 2 nitrogen and oxygen atoms in total. The Balaban J connectivity index is 2.03. The summed E-state index contributed by atoms with van der Waals surface area (Å²) in [5.41, 5.74) is 0. The molecule has 0 radical (unpaired) electrons. The molecule has 0 aromatic rings. The number of thioether (sulfide) groups is 1. The van der Waals surface area contributed by atoms with Gasteiger partial charge in [-0.3, -0.25) is 0 Å². The van der Waals surface area contributed by atoms with Crippen molar-refractivity contribution < 1.29 is 0 Å². The van der Waals surface area contributed by atoms with Crippen molar-refractivity contribution in [2.45, 2.75) is 19.3 Å². The molecule has 1 heterocycles. The Hall–Kier alpha value is 0.270. The third-order valence-corrected chi connectivity index (χ3v) is 3.72. The van der Waals surface area contributed by atoms with Crippen molar-refractivity contribution in [2.75, 3.05) is 45.2 Å². The van der Waals surface area contributed by atoms with Gasteiger partial charge in [0.2, 0.25) is 0 Å². The van der Waals surface area contributed by atoms with Crippen LogP contribution in [0.4, 0.5) is 0 Å². The summed E-state index contributed by atoms with van der Waals surface area (Å²) < 4.78 is 0. The van der Waals surface area contributed by atoms with E-state index < -0.39 is 0 Å². The zero-order valence-corrected chi connectivity index (χ0v) is 10.4. The lowest BCUT2D eigenvalue weighted by Gasteiger charge is -2.31. The Morgan fingerprint density at radius 2 is 2.07 bits per heavy atom. The molecule has 0 atom stereocenters. The van der Waals surface area contributed by atoms with Gasteiger partial charge in [-0.15, -0.1) is 0 Å². The summed E-state index contributed by atoms with van der Waals surface area (Å²) in [6.07, 6.45) is 6.33. The molecular formula is C11H24N2S. The van der Waals surface area contributed by atoms with Crippen LogP contribution in [0.3, 0.4) is 0 Å². The number of rotatable bonds is 6. The van der Waals surface area contributed by atoms with E-state index in [0.717, 1.165) is 5.92 Å². The molecule has 1 aliphatic rings. The van der Waals surface area contributed by atoms with E-state index in [1.165, 1.54) is 51.2 Å². The Morgan fingerprint density at radius 1 is 1.36 bits per heavy atom. The maximum absolute atomic E-state index is 3.28. The number of likely N-dealkylation sites (tertiary alicyclic amines) is 1. The molecule has 0 aromatic carbocycles. The summed E-state index contributed by atoms with van der Waals surface area (Å²) in [5, 5.41) is 3.28. The summed E-state index contributed by atoms with van der Waals surface area (Å²) in [6, 6.07) is 0. The standard InChI is InChI=1S/C11H24N2S/c1-12-10-11-4-7-13(8-5-11)6-3-9-14-2/h11-12H,3-10H2,1-2H3. The third-order valence-electron chi connectivity index (χ3n) is 3.02. The van der Waals surface area contributed by atoms with E-state index in [-0.39, 0.29) is 0 Å². The molecule has 3 heteroatoms. The average Bonchev–Trinajstić information content (AvgIpc) is 2.21. The van der Waals surface area contributed by atoms with Crippen molar-refractivity contribution >= 4 is 11.8 Å². The van der Waals surface area contributed by atoms with Gasteiger partial charge in [-0.25, -0.2) is 0 Å². The summed E-state index contributed by atoms with van der Waals surface area (Å²) >= 11 is 1.96. The minimum absolute atomic E-state index is 0.928. The Labute approximate surface area is 92.8 Å². The van der Waals surface area contributed by atoms with Crippen molar-refractivity contribution in [3.8, 4) is 0 Å². The van der Waals surface area contributed by atoms with Gasteiger partial charge in [-0.05, 0) is 70.4 Å². The van der Waals surface area contributed by atoms with Crippen LogP contribution in [-0.2, 0) is 0 Å². The van der Waals surface area contributed by atoms with Gasteiger partial charge in [0.25, 0.3) is 0 Å². The Morgan fingerprint density at radius 3 is 2.64 bits per heavy atom. The summed E-state index contributed by atoms with van der Waals surface area (Å²) in [6.45, 7) is 5.16. The Bertz CT molecular complexity index is 133. The zero-order valence-electron chi connectivity index (χ0n) is 9.59. The van der Waals surface area contributed by atoms with Crippen molar-refractivity contribution in [3.05, 3.63) is 0 Å². The molecule has 0 bridgehead atoms. The van der Waals surface area contributed by atoms with Gasteiger partial charge in [0.15, 0.2) is 0 Å². The van der Waals surface area contributed by atoms with E-state index in [1.807, 2.05) is 11.8 Å². The highest BCUT2D eigenvalue weighted by molar-refractivity contribution is 7.98. The maximum atomic E-state index is 3.28. The molecule has 0 saturated carbocycles.